The summed E-state index contributed by atoms with van der Waals surface area (Å²) in [5.74, 6) is 1.57. The van der Waals surface area contributed by atoms with Crippen LogP contribution in [0.15, 0.2) is 36.4 Å². The summed E-state index contributed by atoms with van der Waals surface area (Å²) in [5, 5.41) is 10.6. The highest BCUT2D eigenvalue weighted by atomic mass is 16.7. The van der Waals surface area contributed by atoms with Crippen molar-refractivity contribution in [1.29, 1.82) is 0 Å². The first-order chi connectivity index (χ1) is 13.7. The minimum Gasteiger partial charge on any atom is -0.454 e. The van der Waals surface area contributed by atoms with Gasteiger partial charge < -0.3 is 19.3 Å². The maximum absolute atomic E-state index is 10.6. The van der Waals surface area contributed by atoms with Gasteiger partial charge in [-0.1, -0.05) is 29.8 Å². The van der Waals surface area contributed by atoms with E-state index < -0.39 is 6.10 Å². The molecule has 1 heterocycles. The van der Waals surface area contributed by atoms with Gasteiger partial charge >= 0.3 is 0 Å². The van der Waals surface area contributed by atoms with Gasteiger partial charge in [0.05, 0.1) is 18.3 Å². The Bertz CT molecular complexity index is 828. The van der Waals surface area contributed by atoms with E-state index in [0.717, 1.165) is 23.6 Å². The summed E-state index contributed by atoms with van der Waals surface area (Å²) < 4.78 is 16.7. The zero-order valence-corrected chi connectivity index (χ0v) is 18.2. The highest BCUT2D eigenvalue weighted by Gasteiger charge is 2.19. The summed E-state index contributed by atoms with van der Waals surface area (Å²) in [5.41, 5.74) is 4.63. The van der Waals surface area contributed by atoms with Crippen molar-refractivity contribution in [2.45, 2.75) is 59.4 Å². The number of rotatable bonds is 8. The van der Waals surface area contributed by atoms with Crippen molar-refractivity contribution in [3.05, 3.63) is 58.7 Å². The molecule has 1 aliphatic rings. The Labute approximate surface area is 174 Å². The second kappa shape index (κ2) is 9.16. The lowest BCUT2D eigenvalue weighted by Gasteiger charge is -2.28. The first-order valence-corrected chi connectivity index (χ1v) is 10.2. The van der Waals surface area contributed by atoms with E-state index in [-0.39, 0.29) is 12.4 Å². The van der Waals surface area contributed by atoms with E-state index in [1.165, 1.54) is 16.7 Å². The first kappa shape index (κ1) is 21.6. The van der Waals surface area contributed by atoms with Gasteiger partial charge in [-0.25, -0.2) is 0 Å². The second-order valence-electron chi connectivity index (χ2n) is 8.86. The van der Waals surface area contributed by atoms with Gasteiger partial charge in [0.2, 0.25) is 6.79 Å². The molecule has 2 aromatic carbocycles. The number of aliphatic hydroxyl groups excluding tert-OH is 1. The third-order valence-corrected chi connectivity index (χ3v) is 4.92. The van der Waals surface area contributed by atoms with Crippen LogP contribution in [-0.2, 0) is 17.8 Å². The van der Waals surface area contributed by atoms with Gasteiger partial charge in [0.25, 0.3) is 0 Å². The highest BCUT2D eigenvalue weighted by molar-refractivity contribution is 5.44. The molecule has 158 valence electrons. The molecule has 29 heavy (non-hydrogen) atoms. The Kier molecular flexibility index (Phi) is 6.83. The number of aryl methyl sites for hydroxylation is 2. The number of fused-ring (bicyclic) bond motifs is 1. The van der Waals surface area contributed by atoms with Crippen LogP contribution in [0.2, 0.25) is 0 Å². The Morgan fingerprint density at radius 3 is 2.55 bits per heavy atom. The molecule has 5 heteroatoms. The monoisotopic (exact) mass is 399 g/mol. The number of hydrogen-bond acceptors (Lipinski definition) is 5. The van der Waals surface area contributed by atoms with Crippen molar-refractivity contribution in [3.63, 3.8) is 0 Å². The van der Waals surface area contributed by atoms with Crippen LogP contribution >= 0.6 is 0 Å². The van der Waals surface area contributed by atoms with E-state index in [9.17, 15) is 5.11 Å². The number of hydrogen-bond donors (Lipinski definition) is 1. The van der Waals surface area contributed by atoms with Gasteiger partial charge in [0, 0.05) is 19.6 Å². The molecule has 0 saturated carbocycles. The molecule has 0 spiro atoms. The quantitative estimate of drug-likeness (QED) is 0.721. The average Bonchev–Trinajstić information content (AvgIpc) is 3.10. The summed E-state index contributed by atoms with van der Waals surface area (Å²) >= 11 is 0. The van der Waals surface area contributed by atoms with Crippen LogP contribution in [0.3, 0.4) is 0 Å². The predicted molar refractivity (Wildman–Crippen MR) is 114 cm³/mol. The normalized spacial score (nSPS) is 14.4. The SMILES string of the molecule is Cc1ccc(C)c(CN(Cc2ccc3c(c2)OCO3)C[C@@H](O)COC(C)(C)C)c1. The van der Waals surface area contributed by atoms with Crippen LogP contribution in [0, 0.1) is 13.8 Å². The molecule has 0 bridgehead atoms. The van der Waals surface area contributed by atoms with Crippen LogP contribution in [0.4, 0.5) is 0 Å². The molecule has 3 rings (SSSR count). The molecule has 0 aromatic heterocycles. The first-order valence-electron chi connectivity index (χ1n) is 10.2. The van der Waals surface area contributed by atoms with Crippen LogP contribution < -0.4 is 9.47 Å². The smallest absolute Gasteiger partial charge is 0.231 e. The molecule has 1 atom stereocenters. The van der Waals surface area contributed by atoms with Crippen LogP contribution in [0.1, 0.15) is 43.0 Å². The molecule has 0 fully saturated rings. The Morgan fingerprint density at radius 2 is 1.79 bits per heavy atom. The van der Waals surface area contributed by atoms with E-state index in [4.69, 9.17) is 14.2 Å². The van der Waals surface area contributed by atoms with Crippen LogP contribution in [0.5, 0.6) is 11.5 Å². The fourth-order valence-electron chi connectivity index (χ4n) is 3.39. The molecule has 5 nitrogen and oxygen atoms in total. The molecular formula is C24H33NO4. The molecule has 0 aliphatic carbocycles. The highest BCUT2D eigenvalue weighted by Crippen LogP contribution is 2.33. The minimum atomic E-state index is -0.562. The fraction of sp³-hybridized carbons (Fsp3) is 0.500. The van der Waals surface area contributed by atoms with Crippen molar-refractivity contribution in [2.24, 2.45) is 0 Å². The van der Waals surface area contributed by atoms with E-state index in [1.54, 1.807) is 0 Å². The molecule has 0 radical (unpaired) electrons. The molecule has 0 amide bonds. The number of aliphatic hydroxyl groups is 1. The van der Waals surface area contributed by atoms with Crippen LogP contribution in [-0.4, -0.2) is 41.7 Å². The largest absolute Gasteiger partial charge is 0.454 e. The lowest BCUT2D eigenvalue weighted by Crippen LogP contribution is -2.36. The Morgan fingerprint density at radius 1 is 1.03 bits per heavy atom. The second-order valence-corrected chi connectivity index (χ2v) is 8.86. The zero-order chi connectivity index (χ0) is 21.0. The van der Waals surface area contributed by atoms with Crippen molar-refractivity contribution >= 4 is 0 Å². The summed E-state index contributed by atoms with van der Waals surface area (Å²) in [6, 6.07) is 12.5. The number of ether oxygens (including phenoxy) is 3. The lowest BCUT2D eigenvalue weighted by molar-refractivity contribution is -0.0573. The molecule has 2 aromatic rings. The lowest BCUT2D eigenvalue weighted by atomic mass is 10.0. The third kappa shape index (κ3) is 6.46. The van der Waals surface area contributed by atoms with Crippen molar-refractivity contribution in [2.75, 3.05) is 19.9 Å². The van der Waals surface area contributed by atoms with Crippen molar-refractivity contribution in [3.8, 4) is 11.5 Å². The molecule has 1 N–H and O–H groups in total. The van der Waals surface area contributed by atoms with Crippen molar-refractivity contribution < 1.29 is 19.3 Å². The Hall–Kier alpha value is -2.08. The summed E-state index contributed by atoms with van der Waals surface area (Å²) in [4.78, 5) is 2.26. The van der Waals surface area contributed by atoms with Gasteiger partial charge in [0.1, 0.15) is 0 Å². The maximum Gasteiger partial charge on any atom is 0.231 e. The molecule has 1 aliphatic heterocycles. The average molecular weight is 400 g/mol. The predicted octanol–water partition coefficient (Wildman–Crippen LogP) is 4.21. The minimum absolute atomic E-state index is 0.268. The number of nitrogens with zero attached hydrogens (tertiary/aromatic N) is 1. The van der Waals surface area contributed by atoms with E-state index in [0.29, 0.717) is 19.7 Å². The molecular weight excluding hydrogens is 366 g/mol. The number of benzene rings is 2. The van der Waals surface area contributed by atoms with Gasteiger partial charge in [-0.05, 0) is 63.4 Å². The third-order valence-electron chi connectivity index (χ3n) is 4.92. The standard InChI is InChI=1S/C24H33NO4/c1-17-6-7-18(2)20(10-17)13-25(14-21(26)15-29-24(3,4)5)12-19-8-9-22-23(11-19)28-16-27-22/h6-11,21,26H,12-16H2,1-5H3/t21-/m1/s1. The van der Waals surface area contributed by atoms with Gasteiger partial charge in [-0.3, -0.25) is 4.90 Å². The molecule has 0 unspecified atom stereocenters. The molecule has 0 saturated heterocycles. The summed E-state index contributed by atoms with van der Waals surface area (Å²) in [6.07, 6.45) is -0.562. The topological polar surface area (TPSA) is 51.2 Å². The zero-order valence-electron chi connectivity index (χ0n) is 18.2. The van der Waals surface area contributed by atoms with E-state index in [2.05, 4.69) is 43.0 Å². The van der Waals surface area contributed by atoms with Crippen LogP contribution in [0.25, 0.3) is 0 Å². The van der Waals surface area contributed by atoms with Gasteiger partial charge in [-0.15, -0.1) is 0 Å². The van der Waals surface area contributed by atoms with Gasteiger partial charge in [-0.2, -0.15) is 0 Å². The van der Waals surface area contributed by atoms with E-state index >= 15 is 0 Å². The fourth-order valence-corrected chi connectivity index (χ4v) is 3.39. The summed E-state index contributed by atoms with van der Waals surface area (Å²) in [7, 11) is 0. The summed E-state index contributed by atoms with van der Waals surface area (Å²) in [6.45, 7) is 12.8. The Balaban J connectivity index is 1.74. The van der Waals surface area contributed by atoms with Gasteiger partial charge in [0.15, 0.2) is 11.5 Å². The van der Waals surface area contributed by atoms with E-state index in [1.807, 2.05) is 32.9 Å². The van der Waals surface area contributed by atoms with Crippen molar-refractivity contribution in [1.82, 2.24) is 4.90 Å². The maximum atomic E-state index is 10.6.